The lowest BCUT2D eigenvalue weighted by atomic mass is 10.0. The number of hydrogen-bond acceptors (Lipinski definition) is 1. The van der Waals surface area contributed by atoms with E-state index in [1.165, 1.54) is 0 Å². The Kier molecular flexibility index (Phi) is 2.86. The van der Waals surface area contributed by atoms with Crippen LogP contribution in [-0.2, 0) is 0 Å². The van der Waals surface area contributed by atoms with Crippen molar-refractivity contribution in [3.8, 4) is 0 Å². The van der Waals surface area contributed by atoms with Crippen LogP contribution in [0.25, 0.3) is 0 Å². The van der Waals surface area contributed by atoms with Crippen molar-refractivity contribution in [2.45, 2.75) is 13.3 Å². The molecule has 0 heterocycles. The fourth-order valence-electron chi connectivity index (χ4n) is 1.09. The summed E-state index contributed by atoms with van der Waals surface area (Å²) in [4.78, 5) is 10.7. The molecule has 0 atom stereocenters. The lowest BCUT2D eigenvalue weighted by Gasteiger charge is -2.02. The molecule has 0 amide bonds. The second kappa shape index (κ2) is 3.90. The normalized spacial score (nSPS) is 9.75. The Morgan fingerprint density at radius 1 is 1.50 bits per heavy atom. The Balaban J connectivity index is 3.00. The maximum Gasteiger partial charge on any atom is 0.335 e. The summed E-state index contributed by atoms with van der Waals surface area (Å²) < 4.78 is 0. The molecule has 0 aliphatic rings. The van der Waals surface area contributed by atoms with Gasteiger partial charge in [0.15, 0.2) is 0 Å². The Labute approximate surface area is 71.8 Å². The minimum absolute atomic E-state index is 0.374. The van der Waals surface area contributed by atoms with E-state index in [0.29, 0.717) is 5.56 Å². The molecular formula is C10H11O2. The van der Waals surface area contributed by atoms with Gasteiger partial charge in [-0.1, -0.05) is 25.1 Å². The first kappa shape index (κ1) is 8.78. The van der Waals surface area contributed by atoms with Gasteiger partial charge in [0.2, 0.25) is 0 Å². The van der Waals surface area contributed by atoms with Gasteiger partial charge in [-0.2, -0.15) is 0 Å². The second-order valence-corrected chi connectivity index (χ2v) is 2.50. The summed E-state index contributed by atoms with van der Waals surface area (Å²) >= 11 is 0. The van der Waals surface area contributed by atoms with Gasteiger partial charge in [0.25, 0.3) is 0 Å². The summed E-state index contributed by atoms with van der Waals surface area (Å²) in [7, 11) is 0. The van der Waals surface area contributed by atoms with E-state index in [9.17, 15) is 4.79 Å². The first-order valence-electron chi connectivity index (χ1n) is 3.91. The first-order chi connectivity index (χ1) is 5.75. The van der Waals surface area contributed by atoms with Crippen LogP contribution in [0.4, 0.5) is 0 Å². The molecule has 1 aromatic carbocycles. The Morgan fingerprint density at radius 3 is 2.75 bits per heavy atom. The minimum atomic E-state index is -0.865. The zero-order chi connectivity index (χ0) is 8.97. The van der Waals surface area contributed by atoms with Crippen molar-refractivity contribution < 1.29 is 9.90 Å². The van der Waals surface area contributed by atoms with Gasteiger partial charge < -0.3 is 5.11 Å². The van der Waals surface area contributed by atoms with Gasteiger partial charge in [0.05, 0.1) is 5.56 Å². The molecule has 0 saturated carbocycles. The molecule has 1 N–H and O–H groups in total. The molecule has 0 bridgehead atoms. The molecule has 0 aromatic heterocycles. The molecule has 0 fully saturated rings. The highest BCUT2D eigenvalue weighted by Gasteiger charge is 2.06. The third-order valence-electron chi connectivity index (χ3n) is 1.62. The average Bonchev–Trinajstić information content (AvgIpc) is 2.05. The predicted molar refractivity (Wildman–Crippen MR) is 47.1 cm³/mol. The van der Waals surface area contributed by atoms with Crippen molar-refractivity contribution in [1.82, 2.24) is 0 Å². The van der Waals surface area contributed by atoms with E-state index in [1.54, 1.807) is 12.1 Å². The quantitative estimate of drug-likeness (QED) is 0.742. The van der Waals surface area contributed by atoms with Crippen LogP contribution < -0.4 is 0 Å². The van der Waals surface area contributed by atoms with E-state index in [0.717, 1.165) is 12.0 Å². The van der Waals surface area contributed by atoms with Crippen molar-refractivity contribution in [3.05, 3.63) is 41.8 Å². The third kappa shape index (κ3) is 1.84. The van der Waals surface area contributed by atoms with Gasteiger partial charge >= 0.3 is 5.97 Å². The van der Waals surface area contributed by atoms with Crippen molar-refractivity contribution in [3.63, 3.8) is 0 Å². The molecule has 1 aromatic rings. The maximum atomic E-state index is 10.7. The molecule has 0 aliphatic carbocycles. The molecule has 1 rings (SSSR count). The standard InChI is InChI=1S/C10H11O2/c1-2-5-8-6-3-4-7-9(8)10(11)12/h3-7H,2H2,1H3,(H,11,12). The molecule has 63 valence electrons. The van der Waals surface area contributed by atoms with Crippen LogP contribution in [0.15, 0.2) is 24.3 Å². The van der Waals surface area contributed by atoms with Gasteiger partial charge in [0, 0.05) is 0 Å². The van der Waals surface area contributed by atoms with Crippen LogP contribution in [0.2, 0.25) is 0 Å². The van der Waals surface area contributed by atoms with Crippen molar-refractivity contribution in [2.24, 2.45) is 0 Å². The summed E-state index contributed by atoms with van der Waals surface area (Å²) in [6, 6.07) is 7.00. The molecular weight excluding hydrogens is 152 g/mol. The van der Waals surface area contributed by atoms with E-state index in [4.69, 9.17) is 5.11 Å². The van der Waals surface area contributed by atoms with Crippen molar-refractivity contribution in [2.75, 3.05) is 0 Å². The van der Waals surface area contributed by atoms with E-state index < -0.39 is 5.97 Å². The SMILES string of the molecule is CC[CH]c1ccccc1C(=O)O. The van der Waals surface area contributed by atoms with Gasteiger partial charge in [-0.05, 0) is 24.5 Å². The third-order valence-corrected chi connectivity index (χ3v) is 1.62. The topological polar surface area (TPSA) is 37.3 Å². The first-order valence-corrected chi connectivity index (χ1v) is 3.91. The van der Waals surface area contributed by atoms with Crippen LogP contribution in [-0.4, -0.2) is 11.1 Å². The fraction of sp³-hybridized carbons (Fsp3) is 0.200. The van der Waals surface area contributed by atoms with E-state index in [-0.39, 0.29) is 0 Å². The summed E-state index contributed by atoms with van der Waals surface area (Å²) in [6.45, 7) is 1.98. The molecule has 0 unspecified atom stereocenters. The summed E-state index contributed by atoms with van der Waals surface area (Å²) in [5.41, 5.74) is 1.17. The maximum absolute atomic E-state index is 10.7. The van der Waals surface area contributed by atoms with Crippen molar-refractivity contribution in [1.29, 1.82) is 0 Å². The zero-order valence-electron chi connectivity index (χ0n) is 6.95. The number of carbonyl (C=O) groups is 1. The van der Waals surface area contributed by atoms with Gasteiger partial charge in [-0.3, -0.25) is 0 Å². The van der Waals surface area contributed by atoms with Crippen LogP contribution in [0.1, 0.15) is 29.3 Å². The van der Waals surface area contributed by atoms with E-state index >= 15 is 0 Å². The van der Waals surface area contributed by atoms with Crippen LogP contribution >= 0.6 is 0 Å². The molecule has 0 aliphatic heterocycles. The number of rotatable bonds is 3. The van der Waals surface area contributed by atoms with Crippen LogP contribution in [0.3, 0.4) is 0 Å². The smallest absolute Gasteiger partial charge is 0.335 e. The monoisotopic (exact) mass is 163 g/mol. The predicted octanol–water partition coefficient (Wildman–Crippen LogP) is 2.35. The Bertz CT molecular complexity index is 279. The van der Waals surface area contributed by atoms with Gasteiger partial charge in [-0.25, -0.2) is 4.79 Å². The minimum Gasteiger partial charge on any atom is -0.478 e. The van der Waals surface area contributed by atoms with Crippen LogP contribution in [0, 0.1) is 6.42 Å². The Hall–Kier alpha value is -1.31. The van der Waals surface area contributed by atoms with Crippen LogP contribution in [0.5, 0.6) is 0 Å². The molecule has 2 heteroatoms. The zero-order valence-corrected chi connectivity index (χ0v) is 6.95. The largest absolute Gasteiger partial charge is 0.478 e. The van der Waals surface area contributed by atoms with Crippen molar-refractivity contribution >= 4 is 5.97 Å². The second-order valence-electron chi connectivity index (χ2n) is 2.50. The molecule has 0 spiro atoms. The number of benzene rings is 1. The molecule has 0 saturated heterocycles. The lowest BCUT2D eigenvalue weighted by molar-refractivity contribution is 0.0696. The molecule has 2 nitrogen and oxygen atoms in total. The highest BCUT2D eigenvalue weighted by atomic mass is 16.4. The summed E-state index contributed by atoms with van der Waals surface area (Å²) in [5.74, 6) is -0.865. The van der Waals surface area contributed by atoms with E-state index in [2.05, 4.69) is 0 Å². The average molecular weight is 163 g/mol. The van der Waals surface area contributed by atoms with E-state index in [1.807, 2.05) is 25.5 Å². The highest BCUT2D eigenvalue weighted by molar-refractivity contribution is 5.89. The fourth-order valence-corrected chi connectivity index (χ4v) is 1.09. The number of aromatic carboxylic acids is 1. The van der Waals surface area contributed by atoms with Gasteiger partial charge in [0.1, 0.15) is 0 Å². The summed E-state index contributed by atoms with van der Waals surface area (Å²) in [6.07, 6.45) is 2.76. The number of carboxylic acids is 1. The molecule has 12 heavy (non-hydrogen) atoms. The number of hydrogen-bond donors (Lipinski definition) is 1. The number of carboxylic acid groups (broad SMARTS) is 1. The highest BCUT2D eigenvalue weighted by Crippen LogP contribution is 2.12. The lowest BCUT2D eigenvalue weighted by Crippen LogP contribution is -2.00. The van der Waals surface area contributed by atoms with Gasteiger partial charge in [-0.15, -0.1) is 0 Å². The molecule has 1 radical (unpaired) electrons. The Morgan fingerprint density at radius 2 is 2.17 bits per heavy atom. The summed E-state index contributed by atoms with van der Waals surface area (Å²) in [5, 5.41) is 8.77.